The van der Waals surface area contributed by atoms with Gasteiger partial charge in [0.2, 0.25) is 23.8 Å². The minimum Gasteiger partial charge on any atom is -0.364 e. The number of amides is 3. The van der Waals surface area contributed by atoms with Crippen LogP contribution in [0.4, 0.5) is 5.82 Å². The highest BCUT2D eigenvalue weighted by molar-refractivity contribution is 6.00. The molecule has 0 aromatic carbocycles. The third-order valence-corrected chi connectivity index (χ3v) is 3.91. The van der Waals surface area contributed by atoms with Gasteiger partial charge in [-0.15, -0.1) is 0 Å². The van der Waals surface area contributed by atoms with Crippen LogP contribution in [0.5, 0.6) is 0 Å². The summed E-state index contributed by atoms with van der Waals surface area (Å²) < 4.78 is 4.39. The smallest absolute Gasteiger partial charge is 0.274 e. The van der Waals surface area contributed by atoms with Gasteiger partial charge in [-0.25, -0.2) is 4.63 Å². The van der Waals surface area contributed by atoms with Crippen molar-refractivity contribution in [3.8, 4) is 0 Å². The fourth-order valence-electron chi connectivity index (χ4n) is 2.80. The number of hydrogen-bond donors (Lipinski definition) is 3. The first-order valence-corrected chi connectivity index (χ1v) is 7.23. The molecule has 1 aromatic heterocycles. The Labute approximate surface area is 127 Å². The number of hydrogen-bond acceptors (Lipinski definition) is 6. The van der Waals surface area contributed by atoms with Gasteiger partial charge in [-0.1, -0.05) is 12.8 Å². The molecule has 9 heteroatoms. The fraction of sp³-hybridized carbons (Fsp3) is 0.615. The Kier molecular flexibility index (Phi) is 5.45. The topological polar surface area (TPSA) is 140 Å². The Morgan fingerprint density at radius 3 is 2.82 bits per heavy atom. The Bertz CT molecular complexity index is 544. The fourth-order valence-corrected chi connectivity index (χ4v) is 2.80. The lowest BCUT2D eigenvalue weighted by Gasteiger charge is -2.30. The van der Waals surface area contributed by atoms with Crippen LogP contribution < -0.4 is 16.4 Å². The van der Waals surface area contributed by atoms with Crippen LogP contribution in [0.3, 0.4) is 0 Å². The number of nitrogens with two attached hydrogens (primary N) is 1. The number of primary amides is 1. The largest absolute Gasteiger partial charge is 0.364 e. The number of rotatable bonds is 7. The molecule has 2 atom stereocenters. The molecule has 0 aliphatic heterocycles. The molecule has 120 valence electrons. The van der Waals surface area contributed by atoms with Crippen molar-refractivity contribution in [3.05, 3.63) is 5.69 Å². The van der Waals surface area contributed by atoms with E-state index in [9.17, 15) is 14.4 Å². The number of nitrogens with one attached hydrogen (secondary N) is 2. The SMILES string of the molecule is NC(=O)c1nonc1NC(=O)CCC1CCCCC1NC=O. The minimum absolute atomic E-state index is 0.0660. The zero-order valence-electron chi connectivity index (χ0n) is 12.1. The number of carbonyl (C=O) groups excluding carboxylic acids is 3. The summed E-state index contributed by atoms with van der Waals surface area (Å²) >= 11 is 0. The summed E-state index contributed by atoms with van der Waals surface area (Å²) in [5.74, 6) is -0.910. The lowest BCUT2D eigenvalue weighted by molar-refractivity contribution is -0.116. The third kappa shape index (κ3) is 4.03. The molecule has 1 aromatic rings. The first-order valence-electron chi connectivity index (χ1n) is 7.23. The van der Waals surface area contributed by atoms with Crippen LogP contribution in [0, 0.1) is 5.92 Å². The van der Waals surface area contributed by atoms with Gasteiger partial charge in [-0.2, -0.15) is 0 Å². The van der Waals surface area contributed by atoms with Gasteiger partial charge < -0.3 is 16.4 Å². The van der Waals surface area contributed by atoms with Crippen molar-refractivity contribution in [2.24, 2.45) is 11.7 Å². The average molecular weight is 309 g/mol. The van der Waals surface area contributed by atoms with Gasteiger partial charge in [-0.3, -0.25) is 14.4 Å². The normalized spacial score (nSPS) is 21.1. The molecule has 1 aliphatic carbocycles. The van der Waals surface area contributed by atoms with E-state index in [1.54, 1.807) is 0 Å². The molecule has 1 heterocycles. The van der Waals surface area contributed by atoms with Crippen LogP contribution in [-0.4, -0.2) is 34.6 Å². The summed E-state index contributed by atoms with van der Waals surface area (Å²) in [6.45, 7) is 0. The summed E-state index contributed by atoms with van der Waals surface area (Å²) in [6, 6.07) is 0.119. The second-order valence-electron chi connectivity index (χ2n) is 5.35. The van der Waals surface area contributed by atoms with E-state index >= 15 is 0 Å². The average Bonchev–Trinajstić information content (AvgIpc) is 2.95. The van der Waals surface area contributed by atoms with E-state index in [4.69, 9.17) is 5.73 Å². The first-order chi connectivity index (χ1) is 10.6. The maximum atomic E-state index is 11.9. The maximum Gasteiger partial charge on any atom is 0.274 e. The minimum atomic E-state index is -0.820. The second kappa shape index (κ2) is 7.53. The van der Waals surface area contributed by atoms with Gasteiger partial charge in [0.1, 0.15) is 0 Å². The van der Waals surface area contributed by atoms with Crippen molar-refractivity contribution < 1.29 is 19.0 Å². The van der Waals surface area contributed by atoms with Crippen LogP contribution in [0.15, 0.2) is 4.63 Å². The second-order valence-corrected chi connectivity index (χ2v) is 5.35. The lowest BCUT2D eigenvalue weighted by atomic mass is 9.82. The molecule has 1 aliphatic rings. The van der Waals surface area contributed by atoms with E-state index in [2.05, 4.69) is 25.6 Å². The molecule has 1 saturated carbocycles. The van der Waals surface area contributed by atoms with E-state index in [1.165, 1.54) is 0 Å². The van der Waals surface area contributed by atoms with Crippen LogP contribution in [0.25, 0.3) is 0 Å². The standard InChI is InChI=1S/C13H19N5O4/c14-12(21)11-13(18-22-17-11)16-10(20)6-5-8-3-1-2-4-9(8)15-7-19/h7-9H,1-6H2,(H2,14,21)(H,15,19)(H,16,18,20). The quantitative estimate of drug-likeness (QED) is 0.614. The Morgan fingerprint density at radius 1 is 1.32 bits per heavy atom. The van der Waals surface area contributed by atoms with Crippen LogP contribution >= 0.6 is 0 Å². The zero-order chi connectivity index (χ0) is 15.9. The van der Waals surface area contributed by atoms with Gasteiger partial charge in [0.15, 0.2) is 0 Å². The molecule has 4 N–H and O–H groups in total. The Balaban J connectivity index is 1.85. The van der Waals surface area contributed by atoms with Gasteiger partial charge in [-0.05, 0) is 35.5 Å². The maximum absolute atomic E-state index is 11.9. The van der Waals surface area contributed by atoms with Crippen molar-refractivity contribution in [2.45, 2.75) is 44.6 Å². The van der Waals surface area contributed by atoms with Crippen molar-refractivity contribution in [1.29, 1.82) is 0 Å². The summed E-state index contributed by atoms with van der Waals surface area (Å²) in [7, 11) is 0. The summed E-state index contributed by atoms with van der Waals surface area (Å²) in [4.78, 5) is 33.6. The summed E-state index contributed by atoms with van der Waals surface area (Å²) in [5.41, 5.74) is 4.88. The molecule has 9 nitrogen and oxygen atoms in total. The molecule has 3 amide bonds. The summed E-state index contributed by atoms with van der Waals surface area (Å²) in [6.07, 6.45) is 5.72. The lowest BCUT2D eigenvalue weighted by Crippen LogP contribution is -2.38. The molecular weight excluding hydrogens is 290 g/mol. The Hall–Kier alpha value is -2.45. The molecule has 2 unspecified atom stereocenters. The third-order valence-electron chi connectivity index (χ3n) is 3.91. The first kappa shape index (κ1) is 15.9. The van der Waals surface area contributed by atoms with Gasteiger partial charge >= 0.3 is 0 Å². The van der Waals surface area contributed by atoms with Crippen LogP contribution in [-0.2, 0) is 9.59 Å². The molecule has 0 bridgehead atoms. The number of anilines is 1. The van der Waals surface area contributed by atoms with Gasteiger partial charge in [0.25, 0.3) is 5.91 Å². The highest BCUT2D eigenvalue weighted by atomic mass is 16.6. The van der Waals surface area contributed by atoms with Crippen LogP contribution in [0.1, 0.15) is 49.0 Å². The molecule has 1 fully saturated rings. The van der Waals surface area contributed by atoms with Crippen molar-refractivity contribution in [2.75, 3.05) is 5.32 Å². The number of aromatic nitrogens is 2. The van der Waals surface area contributed by atoms with E-state index in [0.717, 1.165) is 25.7 Å². The highest BCUT2D eigenvalue weighted by Gasteiger charge is 2.25. The molecule has 0 spiro atoms. The molecule has 2 rings (SSSR count). The van der Waals surface area contributed by atoms with E-state index in [-0.39, 0.29) is 35.8 Å². The van der Waals surface area contributed by atoms with Crippen LogP contribution in [0.2, 0.25) is 0 Å². The number of carbonyl (C=O) groups is 3. The highest BCUT2D eigenvalue weighted by Crippen LogP contribution is 2.28. The van der Waals surface area contributed by atoms with Gasteiger partial charge in [0.05, 0.1) is 0 Å². The van der Waals surface area contributed by atoms with Crippen molar-refractivity contribution in [1.82, 2.24) is 15.6 Å². The Morgan fingerprint density at radius 2 is 2.09 bits per heavy atom. The predicted octanol–water partition coefficient (Wildman–Crippen LogP) is 0.192. The van der Waals surface area contributed by atoms with E-state index in [0.29, 0.717) is 12.8 Å². The van der Waals surface area contributed by atoms with E-state index in [1.807, 2.05) is 0 Å². The molecule has 22 heavy (non-hydrogen) atoms. The monoisotopic (exact) mass is 309 g/mol. The summed E-state index contributed by atoms with van der Waals surface area (Å²) in [5, 5.41) is 12.0. The predicted molar refractivity (Wildman–Crippen MR) is 75.6 cm³/mol. The zero-order valence-corrected chi connectivity index (χ0v) is 12.1. The number of nitrogens with zero attached hydrogens (tertiary/aromatic N) is 2. The molecular formula is C13H19N5O4. The van der Waals surface area contributed by atoms with Gasteiger partial charge in [0, 0.05) is 12.5 Å². The molecule has 0 saturated heterocycles. The molecule has 0 radical (unpaired) electrons. The van der Waals surface area contributed by atoms with Crippen molar-refractivity contribution >= 4 is 24.0 Å². The van der Waals surface area contributed by atoms with Crippen molar-refractivity contribution in [3.63, 3.8) is 0 Å². The van der Waals surface area contributed by atoms with E-state index < -0.39 is 5.91 Å².